The number of fused-ring (bicyclic) bond motifs is 5. The monoisotopic (exact) mass is 474 g/mol. The summed E-state index contributed by atoms with van der Waals surface area (Å²) in [7, 11) is 0. The summed E-state index contributed by atoms with van der Waals surface area (Å²) in [6, 6.07) is 11.1. The van der Waals surface area contributed by atoms with Gasteiger partial charge in [-0.15, -0.1) is 0 Å². The Bertz CT molecular complexity index is 1550. The molecule has 0 spiro atoms. The number of aryl methyl sites for hydroxylation is 1. The standard InChI is InChI=1S/C25H23FN6O3/c26-18-4-6-19(7-5-18)32-24-20(11-28-32)25(35)29(15-27-24)9-8-22(33)30-12-16-10-17(14-30)21-2-1-3-23(34)31(21)13-16/h1-7,11,15-17H,8-10,12-14H2. The van der Waals surface area contributed by atoms with Gasteiger partial charge in [0.25, 0.3) is 11.1 Å². The van der Waals surface area contributed by atoms with Crippen LogP contribution in [-0.4, -0.2) is 47.8 Å². The summed E-state index contributed by atoms with van der Waals surface area (Å²) in [4.78, 5) is 44.5. The maximum absolute atomic E-state index is 13.2. The second kappa shape index (κ2) is 8.30. The minimum atomic E-state index is -0.361. The minimum Gasteiger partial charge on any atom is -0.342 e. The van der Waals surface area contributed by atoms with E-state index < -0.39 is 0 Å². The van der Waals surface area contributed by atoms with Crippen molar-refractivity contribution >= 4 is 16.9 Å². The van der Waals surface area contributed by atoms with Crippen LogP contribution >= 0.6 is 0 Å². The highest BCUT2D eigenvalue weighted by atomic mass is 19.1. The largest absolute Gasteiger partial charge is 0.342 e. The molecular formula is C25H23FN6O3. The molecule has 2 aliphatic heterocycles. The van der Waals surface area contributed by atoms with Crippen LogP contribution in [0.25, 0.3) is 16.7 Å². The Morgan fingerprint density at radius 3 is 2.71 bits per heavy atom. The molecule has 35 heavy (non-hydrogen) atoms. The van der Waals surface area contributed by atoms with Crippen LogP contribution < -0.4 is 11.1 Å². The predicted molar refractivity (Wildman–Crippen MR) is 126 cm³/mol. The zero-order valence-electron chi connectivity index (χ0n) is 18.9. The number of aromatic nitrogens is 5. The number of carbonyl (C=O) groups is 1. The first kappa shape index (κ1) is 21.5. The van der Waals surface area contributed by atoms with Crippen molar-refractivity contribution in [3.8, 4) is 5.69 Å². The third kappa shape index (κ3) is 3.74. The highest BCUT2D eigenvalue weighted by molar-refractivity contribution is 5.77. The molecule has 6 rings (SSSR count). The van der Waals surface area contributed by atoms with Crippen molar-refractivity contribution in [1.82, 2.24) is 28.8 Å². The van der Waals surface area contributed by atoms with E-state index in [4.69, 9.17) is 0 Å². The molecule has 2 aliphatic rings. The summed E-state index contributed by atoms with van der Waals surface area (Å²) in [6.45, 7) is 2.04. The Labute approximate surface area is 199 Å². The smallest absolute Gasteiger partial charge is 0.264 e. The second-order valence-corrected chi connectivity index (χ2v) is 9.26. The molecule has 2 atom stereocenters. The average molecular weight is 474 g/mol. The zero-order chi connectivity index (χ0) is 24.1. The molecule has 3 aromatic heterocycles. The molecule has 0 N–H and O–H groups in total. The van der Waals surface area contributed by atoms with Gasteiger partial charge in [0.15, 0.2) is 5.65 Å². The van der Waals surface area contributed by atoms with Crippen LogP contribution in [0.4, 0.5) is 4.39 Å². The Balaban J connectivity index is 1.18. The summed E-state index contributed by atoms with van der Waals surface area (Å²) in [5.74, 6) is 0.0304. The molecule has 2 bridgehead atoms. The predicted octanol–water partition coefficient (Wildman–Crippen LogP) is 1.92. The fourth-order valence-corrected chi connectivity index (χ4v) is 5.35. The topological polar surface area (TPSA) is 95.0 Å². The number of rotatable bonds is 4. The van der Waals surface area contributed by atoms with Crippen molar-refractivity contribution in [2.45, 2.75) is 31.8 Å². The van der Waals surface area contributed by atoms with Crippen molar-refractivity contribution in [2.24, 2.45) is 5.92 Å². The highest BCUT2D eigenvalue weighted by Crippen LogP contribution is 2.35. The van der Waals surface area contributed by atoms with Gasteiger partial charge in [0, 0.05) is 50.3 Å². The number of hydrogen-bond acceptors (Lipinski definition) is 5. The lowest BCUT2D eigenvalue weighted by Crippen LogP contribution is -2.49. The molecule has 9 nitrogen and oxygen atoms in total. The van der Waals surface area contributed by atoms with Crippen molar-refractivity contribution in [1.29, 1.82) is 0 Å². The van der Waals surface area contributed by atoms with E-state index >= 15 is 0 Å². The Morgan fingerprint density at radius 1 is 1.06 bits per heavy atom. The maximum Gasteiger partial charge on any atom is 0.264 e. The lowest BCUT2D eigenvalue weighted by molar-refractivity contribution is -0.134. The molecule has 0 aliphatic carbocycles. The summed E-state index contributed by atoms with van der Waals surface area (Å²) in [6.07, 6.45) is 4.02. The van der Waals surface area contributed by atoms with E-state index in [9.17, 15) is 18.8 Å². The first-order valence-electron chi connectivity index (χ1n) is 11.6. The molecule has 1 fully saturated rings. The Morgan fingerprint density at radius 2 is 1.89 bits per heavy atom. The molecule has 178 valence electrons. The van der Waals surface area contributed by atoms with Crippen molar-refractivity contribution < 1.29 is 9.18 Å². The Kier molecular flexibility index (Phi) is 5.09. The summed E-state index contributed by atoms with van der Waals surface area (Å²) in [5.41, 5.74) is 1.71. The van der Waals surface area contributed by atoms with Crippen LogP contribution in [0.5, 0.6) is 0 Å². The van der Waals surface area contributed by atoms with Crippen molar-refractivity contribution in [3.63, 3.8) is 0 Å². The number of benzene rings is 1. The maximum atomic E-state index is 13.2. The summed E-state index contributed by atoms with van der Waals surface area (Å²) < 4.78 is 18.0. The van der Waals surface area contributed by atoms with Gasteiger partial charge in [-0.05, 0) is 42.7 Å². The molecular weight excluding hydrogens is 451 g/mol. The SMILES string of the molecule is O=C(CCn1cnc2c(cnn2-c2ccc(F)cc2)c1=O)N1CC2CC(C1)c1cccc(=O)n1C2. The molecule has 1 aromatic carbocycles. The van der Waals surface area contributed by atoms with Crippen LogP contribution in [-0.2, 0) is 17.9 Å². The van der Waals surface area contributed by atoms with E-state index in [1.165, 1.54) is 33.9 Å². The number of likely N-dealkylation sites (tertiary alicyclic amines) is 1. The fraction of sp³-hybridized carbons (Fsp3) is 0.320. The van der Waals surface area contributed by atoms with E-state index in [-0.39, 0.29) is 47.6 Å². The van der Waals surface area contributed by atoms with E-state index in [1.807, 2.05) is 15.5 Å². The molecule has 1 saturated heterocycles. The van der Waals surface area contributed by atoms with Gasteiger partial charge in [0.05, 0.1) is 18.2 Å². The van der Waals surface area contributed by atoms with Crippen LogP contribution in [0, 0.1) is 11.7 Å². The van der Waals surface area contributed by atoms with Crippen LogP contribution in [0.1, 0.15) is 24.5 Å². The first-order valence-corrected chi connectivity index (χ1v) is 11.6. The number of hydrogen-bond donors (Lipinski definition) is 0. The van der Waals surface area contributed by atoms with Crippen LogP contribution in [0.3, 0.4) is 0 Å². The number of piperidine rings is 1. The number of nitrogens with zero attached hydrogens (tertiary/aromatic N) is 6. The van der Waals surface area contributed by atoms with Gasteiger partial charge in [-0.2, -0.15) is 5.10 Å². The van der Waals surface area contributed by atoms with Crippen molar-refractivity contribution in [3.05, 3.63) is 87.2 Å². The summed E-state index contributed by atoms with van der Waals surface area (Å²) in [5, 5.41) is 4.57. The minimum absolute atomic E-state index is 0.0135. The molecule has 10 heteroatoms. The fourth-order valence-electron chi connectivity index (χ4n) is 5.35. The second-order valence-electron chi connectivity index (χ2n) is 9.26. The molecule has 0 radical (unpaired) electrons. The van der Waals surface area contributed by atoms with Gasteiger partial charge in [-0.25, -0.2) is 14.1 Å². The van der Waals surface area contributed by atoms with Gasteiger partial charge in [-0.3, -0.25) is 19.0 Å². The normalized spacial score (nSPS) is 19.1. The van der Waals surface area contributed by atoms with Crippen LogP contribution in [0.2, 0.25) is 0 Å². The molecule has 1 amide bonds. The van der Waals surface area contributed by atoms with E-state index in [0.717, 1.165) is 12.1 Å². The van der Waals surface area contributed by atoms with Gasteiger partial charge in [0.2, 0.25) is 5.91 Å². The third-order valence-electron chi connectivity index (χ3n) is 7.02. The number of pyridine rings is 1. The van der Waals surface area contributed by atoms with Gasteiger partial charge in [0.1, 0.15) is 11.2 Å². The summed E-state index contributed by atoms with van der Waals surface area (Å²) >= 11 is 0. The van der Waals surface area contributed by atoms with Gasteiger partial charge in [-0.1, -0.05) is 6.07 Å². The third-order valence-corrected chi connectivity index (χ3v) is 7.02. The quantitative estimate of drug-likeness (QED) is 0.450. The lowest BCUT2D eigenvalue weighted by atomic mass is 9.83. The van der Waals surface area contributed by atoms with E-state index in [2.05, 4.69) is 10.1 Å². The molecule has 0 saturated carbocycles. The van der Waals surface area contributed by atoms with Gasteiger partial charge < -0.3 is 9.47 Å². The van der Waals surface area contributed by atoms with Crippen LogP contribution in [0.15, 0.2) is 64.6 Å². The molecule has 4 aromatic rings. The van der Waals surface area contributed by atoms with E-state index in [0.29, 0.717) is 36.4 Å². The average Bonchev–Trinajstić information content (AvgIpc) is 3.29. The molecule has 2 unspecified atom stereocenters. The van der Waals surface area contributed by atoms with Gasteiger partial charge >= 0.3 is 0 Å². The number of amides is 1. The number of halogens is 1. The zero-order valence-corrected chi connectivity index (χ0v) is 18.9. The highest BCUT2D eigenvalue weighted by Gasteiger charge is 2.36. The lowest BCUT2D eigenvalue weighted by Gasteiger charge is -2.42. The Hall–Kier alpha value is -4.08. The number of carbonyl (C=O) groups excluding carboxylic acids is 1. The van der Waals surface area contributed by atoms with Crippen molar-refractivity contribution in [2.75, 3.05) is 13.1 Å². The van der Waals surface area contributed by atoms with E-state index in [1.54, 1.807) is 24.3 Å². The first-order chi connectivity index (χ1) is 17.0. The molecule has 5 heterocycles.